The molecule has 1 aromatic heterocycles. The number of hydrogen-bond acceptors (Lipinski definition) is 5. The summed E-state index contributed by atoms with van der Waals surface area (Å²) in [6, 6.07) is 25.8. The van der Waals surface area contributed by atoms with Gasteiger partial charge in [0, 0.05) is 0 Å². The Labute approximate surface area is 186 Å². The first-order valence-corrected chi connectivity index (χ1v) is 11.1. The van der Waals surface area contributed by atoms with Crippen molar-refractivity contribution >= 4 is 39.3 Å². The maximum atomic E-state index is 5.71. The maximum absolute atomic E-state index is 5.71. The van der Waals surface area contributed by atoms with Crippen LogP contribution in [0.5, 0.6) is 5.75 Å². The molecular weight excluding hydrogens is 404 g/mol. The number of rotatable bonds is 8. The zero-order valence-corrected chi connectivity index (χ0v) is 18.2. The molecule has 1 N–H and O–H groups in total. The van der Waals surface area contributed by atoms with E-state index in [1.807, 2.05) is 72.8 Å². The number of benzene rings is 3. The molecule has 0 spiro atoms. The van der Waals surface area contributed by atoms with E-state index in [4.69, 9.17) is 14.7 Å². The summed E-state index contributed by atoms with van der Waals surface area (Å²) in [6.07, 6.45) is 3.95. The first-order valence-electron chi connectivity index (χ1n) is 10.3. The van der Waals surface area contributed by atoms with Gasteiger partial charge in [-0.05, 0) is 60.5 Å². The zero-order chi connectivity index (χ0) is 21.3. The Hall–Kier alpha value is -3.51. The van der Waals surface area contributed by atoms with Gasteiger partial charge in [-0.1, -0.05) is 43.7 Å². The number of hydrazone groups is 1. The van der Waals surface area contributed by atoms with E-state index >= 15 is 0 Å². The van der Waals surface area contributed by atoms with Crippen molar-refractivity contribution in [1.82, 2.24) is 10.4 Å². The van der Waals surface area contributed by atoms with Gasteiger partial charge < -0.3 is 4.74 Å². The molecule has 0 atom stereocenters. The van der Waals surface area contributed by atoms with Crippen LogP contribution in [0.25, 0.3) is 10.2 Å². The molecule has 0 unspecified atom stereocenters. The minimum atomic E-state index is 0.614. The van der Waals surface area contributed by atoms with E-state index in [-0.39, 0.29) is 0 Å². The number of fused-ring (bicyclic) bond motifs is 1. The van der Waals surface area contributed by atoms with E-state index in [9.17, 15) is 0 Å². The van der Waals surface area contributed by atoms with Gasteiger partial charge in [0.15, 0.2) is 10.8 Å². The predicted octanol–water partition coefficient (Wildman–Crippen LogP) is 6.18. The molecule has 156 valence electrons. The normalized spacial score (nSPS) is 11.8. The lowest BCUT2D eigenvalue weighted by Crippen LogP contribution is -2.18. The van der Waals surface area contributed by atoms with Crippen molar-refractivity contribution in [2.75, 3.05) is 6.61 Å². The Morgan fingerprint density at radius 3 is 2.55 bits per heavy atom. The fraction of sp³-hybridized carbons (Fsp3) is 0.160. The van der Waals surface area contributed by atoms with E-state index in [0.29, 0.717) is 5.84 Å². The van der Waals surface area contributed by atoms with Gasteiger partial charge in [-0.25, -0.2) is 9.98 Å². The van der Waals surface area contributed by atoms with Gasteiger partial charge >= 0.3 is 0 Å². The molecule has 0 fully saturated rings. The molecule has 0 radical (unpaired) electrons. The summed E-state index contributed by atoms with van der Waals surface area (Å²) >= 11 is 1.59. The summed E-state index contributed by atoms with van der Waals surface area (Å²) in [5.74, 6) is 1.49. The van der Waals surface area contributed by atoms with Crippen LogP contribution in [-0.2, 0) is 0 Å². The second-order valence-electron chi connectivity index (χ2n) is 6.92. The highest BCUT2D eigenvalue weighted by Gasteiger charge is 2.10. The third-order valence-electron chi connectivity index (χ3n) is 4.52. The summed E-state index contributed by atoms with van der Waals surface area (Å²) in [5, 5.41) is 5.20. The molecule has 0 aliphatic carbocycles. The summed E-state index contributed by atoms with van der Waals surface area (Å²) < 4.78 is 6.82. The van der Waals surface area contributed by atoms with Crippen LogP contribution in [0.3, 0.4) is 0 Å². The van der Waals surface area contributed by atoms with Crippen molar-refractivity contribution in [3.05, 3.63) is 89.4 Å². The topological polar surface area (TPSA) is 58.9 Å². The Kier molecular flexibility index (Phi) is 7.03. The van der Waals surface area contributed by atoms with Crippen LogP contribution >= 0.6 is 11.3 Å². The fourth-order valence-corrected chi connectivity index (χ4v) is 3.78. The van der Waals surface area contributed by atoms with Gasteiger partial charge in [0.25, 0.3) is 0 Å². The third kappa shape index (κ3) is 5.77. The maximum Gasteiger partial charge on any atom is 0.183 e. The summed E-state index contributed by atoms with van der Waals surface area (Å²) in [7, 11) is 0. The molecule has 0 aliphatic rings. The van der Waals surface area contributed by atoms with Crippen LogP contribution in [-0.4, -0.2) is 23.6 Å². The number of hydrogen-bond donors (Lipinski definition) is 1. The Morgan fingerprint density at radius 1 is 1.00 bits per heavy atom. The van der Waals surface area contributed by atoms with Gasteiger partial charge in [0.2, 0.25) is 0 Å². The number of thiazole rings is 1. The van der Waals surface area contributed by atoms with Gasteiger partial charge in [0.1, 0.15) is 5.75 Å². The van der Waals surface area contributed by atoms with Crippen LogP contribution in [0.1, 0.15) is 30.3 Å². The van der Waals surface area contributed by atoms with Crippen LogP contribution in [0, 0.1) is 0 Å². The van der Waals surface area contributed by atoms with E-state index in [1.54, 1.807) is 17.6 Å². The summed E-state index contributed by atoms with van der Waals surface area (Å²) in [6.45, 7) is 2.90. The average molecular weight is 429 g/mol. The highest BCUT2D eigenvalue weighted by Crippen LogP contribution is 2.23. The number of amidine groups is 1. The van der Waals surface area contributed by atoms with Gasteiger partial charge in [-0.15, -0.1) is 11.3 Å². The van der Waals surface area contributed by atoms with Crippen molar-refractivity contribution in [3.8, 4) is 5.75 Å². The SMILES string of the molecule is CCCCOc1ccc(/C=N/NC(=Nc2ccccc2)c2nc3ccccc3s2)cc1. The third-order valence-corrected chi connectivity index (χ3v) is 5.57. The average Bonchev–Trinajstić information content (AvgIpc) is 3.25. The molecule has 1 heterocycles. The Bertz CT molecular complexity index is 1130. The number of nitrogens with one attached hydrogen (secondary N) is 1. The lowest BCUT2D eigenvalue weighted by molar-refractivity contribution is 0.309. The monoisotopic (exact) mass is 428 g/mol. The predicted molar refractivity (Wildman–Crippen MR) is 130 cm³/mol. The minimum Gasteiger partial charge on any atom is -0.494 e. The number of unbranched alkanes of at least 4 members (excludes halogenated alkanes) is 1. The van der Waals surface area contributed by atoms with Gasteiger partial charge in [-0.3, -0.25) is 5.43 Å². The molecular formula is C25H24N4OS. The molecule has 3 aromatic carbocycles. The first-order chi connectivity index (χ1) is 15.3. The van der Waals surface area contributed by atoms with Crippen LogP contribution in [0.15, 0.2) is 89.0 Å². The van der Waals surface area contributed by atoms with Crippen molar-refractivity contribution < 1.29 is 4.74 Å². The van der Waals surface area contributed by atoms with Crippen LogP contribution in [0.2, 0.25) is 0 Å². The van der Waals surface area contributed by atoms with E-state index in [0.717, 1.165) is 51.7 Å². The van der Waals surface area contributed by atoms with Crippen LogP contribution < -0.4 is 10.2 Å². The lowest BCUT2D eigenvalue weighted by Gasteiger charge is -2.05. The number of para-hydroxylation sites is 2. The van der Waals surface area contributed by atoms with E-state index in [1.165, 1.54) is 0 Å². The van der Waals surface area contributed by atoms with E-state index in [2.05, 4.69) is 23.5 Å². The largest absolute Gasteiger partial charge is 0.494 e. The smallest absolute Gasteiger partial charge is 0.183 e. The Morgan fingerprint density at radius 2 is 1.77 bits per heavy atom. The first kappa shape index (κ1) is 20.8. The standard InChI is InChI=1S/C25H24N4OS/c1-2-3-17-30-21-15-13-19(14-16-21)18-26-29-24(27-20-9-5-4-6-10-20)25-28-22-11-7-8-12-23(22)31-25/h4-16,18H,2-3,17H2,1H3,(H,27,29)/b26-18+. The summed E-state index contributed by atoms with van der Waals surface area (Å²) in [5.41, 5.74) is 5.85. The molecule has 0 aliphatic heterocycles. The highest BCUT2D eigenvalue weighted by atomic mass is 32.1. The molecule has 0 saturated carbocycles. The van der Waals surface area contributed by atoms with E-state index < -0.39 is 0 Å². The van der Waals surface area contributed by atoms with Crippen molar-refractivity contribution in [1.29, 1.82) is 0 Å². The fourth-order valence-electron chi connectivity index (χ4n) is 2.88. The van der Waals surface area contributed by atoms with Gasteiger partial charge in [0.05, 0.1) is 28.7 Å². The molecule has 5 nitrogen and oxygen atoms in total. The molecule has 0 saturated heterocycles. The second-order valence-corrected chi connectivity index (χ2v) is 7.95. The number of aliphatic imine (C=N–C) groups is 1. The second kappa shape index (κ2) is 10.5. The molecule has 4 aromatic rings. The van der Waals surface area contributed by atoms with Crippen molar-refractivity contribution in [2.24, 2.45) is 10.1 Å². The zero-order valence-electron chi connectivity index (χ0n) is 17.4. The molecule has 4 rings (SSSR count). The molecule has 0 amide bonds. The van der Waals surface area contributed by atoms with Crippen molar-refractivity contribution in [2.45, 2.75) is 19.8 Å². The minimum absolute atomic E-state index is 0.614. The molecule has 6 heteroatoms. The number of aromatic nitrogens is 1. The highest BCUT2D eigenvalue weighted by molar-refractivity contribution is 7.20. The van der Waals surface area contributed by atoms with Gasteiger partial charge in [-0.2, -0.15) is 5.10 Å². The molecule has 31 heavy (non-hydrogen) atoms. The molecule has 0 bridgehead atoms. The van der Waals surface area contributed by atoms with Crippen molar-refractivity contribution in [3.63, 3.8) is 0 Å². The van der Waals surface area contributed by atoms with Crippen LogP contribution in [0.4, 0.5) is 5.69 Å². The summed E-state index contributed by atoms with van der Waals surface area (Å²) in [4.78, 5) is 9.45. The quantitative estimate of drug-likeness (QED) is 0.158. The Balaban J connectivity index is 1.52. The lowest BCUT2D eigenvalue weighted by atomic mass is 10.2. The number of nitrogens with zero attached hydrogens (tertiary/aromatic N) is 3. The number of ether oxygens (including phenoxy) is 1.